The third-order valence-electron chi connectivity index (χ3n) is 5.89. The minimum absolute atomic E-state index is 0.0298. The van der Waals surface area contributed by atoms with Gasteiger partial charge in [-0.1, -0.05) is 26.0 Å². The Labute approximate surface area is 205 Å². The van der Waals surface area contributed by atoms with Crippen LogP contribution in [0.25, 0.3) is 0 Å². The molecular formula is C25H32N8O2. The Morgan fingerprint density at radius 3 is 2.51 bits per heavy atom. The zero-order chi connectivity index (χ0) is 24.6. The van der Waals surface area contributed by atoms with E-state index in [9.17, 15) is 9.59 Å². The second-order valence-corrected chi connectivity index (χ2v) is 8.82. The maximum absolute atomic E-state index is 12.5. The van der Waals surface area contributed by atoms with Crippen LogP contribution in [0.4, 0.5) is 16.4 Å². The fourth-order valence-corrected chi connectivity index (χ4v) is 4.13. The molecule has 1 aromatic carbocycles. The van der Waals surface area contributed by atoms with Crippen LogP contribution in [0.1, 0.15) is 37.6 Å². The van der Waals surface area contributed by atoms with E-state index in [1.54, 1.807) is 18.5 Å². The summed E-state index contributed by atoms with van der Waals surface area (Å²) in [5.41, 5.74) is 1.77. The lowest BCUT2D eigenvalue weighted by molar-refractivity contribution is -0.131. The molecular weight excluding hydrogens is 444 g/mol. The van der Waals surface area contributed by atoms with Crippen molar-refractivity contribution in [2.45, 2.75) is 32.7 Å². The Morgan fingerprint density at radius 1 is 1.00 bits per heavy atom. The maximum atomic E-state index is 12.5. The van der Waals surface area contributed by atoms with Crippen LogP contribution in [0.15, 0.2) is 55.1 Å². The van der Waals surface area contributed by atoms with Crippen molar-refractivity contribution in [1.29, 1.82) is 0 Å². The molecule has 35 heavy (non-hydrogen) atoms. The summed E-state index contributed by atoms with van der Waals surface area (Å²) in [6, 6.07) is 9.20. The highest BCUT2D eigenvalue weighted by atomic mass is 16.2. The number of hydrogen-bond donors (Lipinski definition) is 2. The standard InChI is InChI=1S/C25H32N8O2/c1-19(2)23-26-11-12-33(23)18-20-5-3-6-21(17-20)30-25(35)29-10-7-22(34)31-13-15-32(16-14-31)24-27-8-4-9-28-24/h3-6,8-9,11-12,17,19H,7,10,13-16,18H2,1-2H3,(H2,29,30,35). The van der Waals surface area contributed by atoms with Crippen molar-refractivity contribution >= 4 is 23.6 Å². The highest BCUT2D eigenvalue weighted by Gasteiger charge is 2.22. The summed E-state index contributed by atoms with van der Waals surface area (Å²) in [5, 5.41) is 5.64. The van der Waals surface area contributed by atoms with Crippen LogP contribution in [0.3, 0.4) is 0 Å². The first kappa shape index (κ1) is 24.2. The zero-order valence-corrected chi connectivity index (χ0v) is 20.2. The molecule has 0 atom stereocenters. The van der Waals surface area contributed by atoms with E-state index < -0.39 is 0 Å². The molecule has 4 rings (SSSR count). The summed E-state index contributed by atoms with van der Waals surface area (Å²) in [5.74, 6) is 2.08. The first-order chi connectivity index (χ1) is 17.0. The summed E-state index contributed by atoms with van der Waals surface area (Å²) in [7, 11) is 0. The molecule has 1 aliphatic rings. The molecule has 1 saturated heterocycles. The molecule has 0 bridgehead atoms. The predicted molar refractivity (Wildman–Crippen MR) is 134 cm³/mol. The van der Waals surface area contributed by atoms with Gasteiger partial charge in [0.15, 0.2) is 0 Å². The van der Waals surface area contributed by atoms with Gasteiger partial charge in [0, 0.05) is 82.1 Å². The number of urea groups is 1. The summed E-state index contributed by atoms with van der Waals surface area (Å²) >= 11 is 0. The maximum Gasteiger partial charge on any atom is 0.319 e. The third-order valence-corrected chi connectivity index (χ3v) is 5.89. The van der Waals surface area contributed by atoms with Crippen molar-refractivity contribution in [2.75, 3.05) is 42.9 Å². The van der Waals surface area contributed by atoms with Crippen molar-refractivity contribution in [1.82, 2.24) is 29.7 Å². The van der Waals surface area contributed by atoms with Gasteiger partial charge in [-0.05, 0) is 23.8 Å². The Balaban J connectivity index is 1.19. The highest BCUT2D eigenvalue weighted by Crippen LogP contribution is 2.16. The van der Waals surface area contributed by atoms with Crippen LogP contribution in [-0.2, 0) is 11.3 Å². The first-order valence-electron chi connectivity index (χ1n) is 11.9. The van der Waals surface area contributed by atoms with Gasteiger partial charge in [-0.2, -0.15) is 0 Å². The summed E-state index contributed by atoms with van der Waals surface area (Å²) in [6.07, 6.45) is 7.47. The Morgan fingerprint density at radius 2 is 1.77 bits per heavy atom. The number of benzene rings is 1. The SMILES string of the molecule is CC(C)c1nccn1Cc1cccc(NC(=O)NCCC(=O)N2CCN(c3ncccn3)CC2)c1. The second kappa shape index (κ2) is 11.5. The van der Waals surface area contributed by atoms with Gasteiger partial charge in [0.25, 0.3) is 0 Å². The van der Waals surface area contributed by atoms with E-state index in [2.05, 4.69) is 48.9 Å². The lowest BCUT2D eigenvalue weighted by atomic mass is 10.1. The van der Waals surface area contributed by atoms with E-state index in [1.807, 2.05) is 41.6 Å². The second-order valence-electron chi connectivity index (χ2n) is 8.82. The van der Waals surface area contributed by atoms with Crippen molar-refractivity contribution in [2.24, 2.45) is 0 Å². The molecule has 0 aliphatic carbocycles. The van der Waals surface area contributed by atoms with Crippen molar-refractivity contribution in [3.8, 4) is 0 Å². The molecule has 0 saturated carbocycles. The number of anilines is 2. The van der Waals surface area contributed by atoms with Crippen LogP contribution in [-0.4, -0.2) is 69.1 Å². The monoisotopic (exact) mass is 476 g/mol. The third kappa shape index (κ3) is 6.56. The number of rotatable bonds is 8. The molecule has 0 spiro atoms. The molecule has 3 aromatic rings. The van der Waals surface area contributed by atoms with Crippen molar-refractivity contribution in [3.63, 3.8) is 0 Å². The number of nitrogens with zero attached hydrogens (tertiary/aromatic N) is 6. The molecule has 1 aliphatic heterocycles. The molecule has 10 nitrogen and oxygen atoms in total. The number of aromatic nitrogens is 4. The normalized spacial score (nSPS) is 13.7. The van der Waals surface area contributed by atoms with Gasteiger partial charge in [-0.15, -0.1) is 0 Å². The Hall–Kier alpha value is -3.95. The van der Waals surface area contributed by atoms with Gasteiger partial charge in [0.1, 0.15) is 5.82 Å². The summed E-state index contributed by atoms with van der Waals surface area (Å²) in [6.45, 7) is 7.81. The number of amides is 3. The lowest BCUT2D eigenvalue weighted by Gasteiger charge is -2.34. The molecule has 0 unspecified atom stereocenters. The molecule has 2 N–H and O–H groups in total. The molecule has 1 fully saturated rings. The molecule has 2 aromatic heterocycles. The van der Waals surface area contributed by atoms with Crippen molar-refractivity contribution < 1.29 is 9.59 Å². The zero-order valence-electron chi connectivity index (χ0n) is 20.2. The van der Waals surface area contributed by atoms with E-state index in [-0.39, 0.29) is 24.9 Å². The minimum Gasteiger partial charge on any atom is -0.339 e. The fraction of sp³-hybridized carbons (Fsp3) is 0.400. The van der Waals surface area contributed by atoms with E-state index >= 15 is 0 Å². The Kier molecular flexibility index (Phi) is 7.92. The number of hydrogen-bond acceptors (Lipinski definition) is 6. The number of carbonyl (C=O) groups excluding carboxylic acids is 2. The van der Waals surface area contributed by atoms with Gasteiger partial charge < -0.3 is 25.0 Å². The number of piperazine rings is 1. The number of carbonyl (C=O) groups is 2. The van der Waals surface area contributed by atoms with Crippen LogP contribution in [0.2, 0.25) is 0 Å². The van der Waals surface area contributed by atoms with Gasteiger partial charge >= 0.3 is 6.03 Å². The van der Waals surface area contributed by atoms with E-state index in [0.29, 0.717) is 50.3 Å². The van der Waals surface area contributed by atoms with E-state index in [4.69, 9.17) is 0 Å². The molecule has 0 radical (unpaired) electrons. The molecule has 184 valence electrons. The summed E-state index contributed by atoms with van der Waals surface area (Å²) in [4.78, 5) is 41.8. The Bertz CT molecular complexity index is 1120. The van der Waals surface area contributed by atoms with Gasteiger partial charge in [-0.25, -0.2) is 19.7 Å². The molecule has 3 amide bonds. The average molecular weight is 477 g/mol. The summed E-state index contributed by atoms with van der Waals surface area (Å²) < 4.78 is 2.11. The minimum atomic E-state index is -0.327. The smallest absolute Gasteiger partial charge is 0.319 e. The fourth-order valence-electron chi connectivity index (χ4n) is 4.13. The van der Waals surface area contributed by atoms with Gasteiger partial charge in [-0.3, -0.25) is 4.79 Å². The van der Waals surface area contributed by atoms with Crippen LogP contribution >= 0.6 is 0 Å². The topological polar surface area (TPSA) is 108 Å². The quantitative estimate of drug-likeness (QED) is 0.518. The van der Waals surface area contributed by atoms with Crippen LogP contribution in [0, 0.1) is 0 Å². The predicted octanol–water partition coefficient (Wildman–Crippen LogP) is 2.71. The van der Waals surface area contributed by atoms with E-state index in [0.717, 1.165) is 11.4 Å². The highest BCUT2D eigenvalue weighted by molar-refractivity contribution is 5.89. The molecule has 3 heterocycles. The lowest BCUT2D eigenvalue weighted by Crippen LogP contribution is -2.49. The largest absolute Gasteiger partial charge is 0.339 e. The van der Waals surface area contributed by atoms with Gasteiger partial charge in [0.2, 0.25) is 11.9 Å². The number of nitrogens with one attached hydrogen (secondary N) is 2. The average Bonchev–Trinajstić information content (AvgIpc) is 3.33. The van der Waals surface area contributed by atoms with Crippen LogP contribution < -0.4 is 15.5 Å². The number of imidazole rings is 1. The van der Waals surface area contributed by atoms with Crippen molar-refractivity contribution in [3.05, 3.63) is 66.5 Å². The van der Waals surface area contributed by atoms with E-state index in [1.165, 1.54) is 0 Å². The molecule has 10 heteroatoms. The van der Waals surface area contributed by atoms with Crippen LogP contribution in [0.5, 0.6) is 0 Å². The first-order valence-corrected chi connectivity index (χ1v) is 11.9. The van der Waals surface area contributed by atoms with Gasteiger partial charge in [0.05, 0.1) is 0 Å².